The lowest BCUT2D eigenvalue weighted by atomic mass is 10.2. The number of ether oxygens (including phenoxy) is 1. The van der Waals surface area contributed by atoms with Crippen LogP contribution in [0.2, 0.25) is 0 Å². The first-order valence-corrected chi connectivity index (χ1v) is 9.81. The first kappa shape index (κ1) is 19.9. The molecule has 0 spiro atoms. The third kappa shape index (κ3) is 5.09. The third-order valence-electron chi connectivity index (χ3n) is 4.73. The molecule has 2 N–H and O–H groups in total. The van der Waals surface area contributed by atoms with Gasteiger partial charge in [-0.2, -0.15) is 0 Å². The van der Waals surface area contributed by atoms with Crippen LogP contribution < -0.4 is 15.0 Å². The minimum Gasteiger partial charge on any atom is -0.506 e. The number of nitrogens with one attached hydrogen (secondary N) is 1. The number of aromatic hydroxyl groups is 1. The average Bonchev–Trinajstić information content (AvgIpc) is 2.69. The summed E-state index contributed by atoms with van der Waals surface area (Å²) in [7, 11) is 1.82. The van der Waals surface area contributed by atoms with Crippen LogP contribution in [0.15, 0.2) is 53.5 Å². The van der Waals surface area contributed by atoms with E-state index in [2.05, 4.69) is 32.2 Å². The fraction of sp³-hybridized carbons (Fsp3) is 0.409. The number of piperazine rings is 1. The Morgan fingerprint density at radius 2 is 1.86 bits per heavy atom. The van der Waals surface area contributed by atoms with Crippen LogP contribution in [0.25, 0.3) is 0 Å². The Kier molecular flexibility index (Phi) is 6.63. The predicted octanol–water partition coefficient (Wildman–Crippen LogP) is 3.08. The molecule has 0 bridgehead atoms. The van der Waals surface area contributed by atoms with E-state index >= 15 is 0 Å². The molecular formula is C22H30N4O2. The molecule has 0 saturated carbocycles. The van der Waals surface area contributed by atoms with E-state index in [9.17, 15) is 5.11 Å². The fourth-order valence-electron chi connectivity index (χ4n) is 3.41. The van der Waals surface area contributed by atoms with E-state index < -0.39 is 0 Å². The Hall–Kier alpha value is -2.89. The average molecular weight is 383 g/mol. The molecule has 6 nitrogen and oxygen atoms in total. The van der Waals surface area contributed by atoms with Crippen LogP contribution in [0, 0.1) is 0 Å². The van der Waals surface area contributed by atoms with Gasteiger partial charge in [-0.1, -0.05) is 24.3 Å². The molecule has 6 heteroatoms. The molecule has 0 atom stereocenters. The van der Waals surface area contributed by atoms with Crippen molar-refractivity contribution in [2.24, 2.45) is 4.99 Å². The zero-order valence-electron chi connectivity index (χ0n) is 16.9. The number of nitrogens with zero attached hydrogens (tertiary/aromatic N) is 3. The predicted molar refractivity (Wildman–Crippen MR) is 114 cm³/mol. The summed E-state index contributed by atoms with van der Waals surface area (Å²) in [5.74, 6) is 2.12. The van der Waals surface area contributed by atoms with Crippen molar-refractivity contribution >= 4 is 11.6 Å². The van der Waals surface area contributed by atoms with Crippen molar-refractivity contribution in [2.45, 2.75) is 26.5 Å². The number of hydrogen-bond acceptors (Lipinski definition) is 4. The summed E-state index contributed by atoms with van der Waals surface area (Å²) in [6.07, 6.45) is 0.163. The molecule has 2 aromatic carbocycles. The molecule has 0 unspecified atom stereocenters. The Morgan fingerprint density at radius 3 is 2.54 bits per heavy atom. The van der Waals surface area contributed by atoms with E-state index in [0.29, 0.717) is 12.3 Å². The molecule has 1 aliphatic rings. The van der Waals surface area contributed by atoms with E-state index in [0.717, 1.165) is 49.1 Å². The highest BCUT2D eigenvalue weighted by molar-refractivity contribution is 5.80. The van der Waals surface area contributed by atoms with Crippen LogP contribution in [0.4, 0.5) is 5.69 Å². The second-order valence-corrected chi connectivity index (χ2v) is 7.18. The van der Waals surface area contributed by atoms with Crippen LogP contribution in [0.3, 0.4) is 0 Å². The van der Waals surface area contributed by atoms with E-state index in [4.69, 9.17) is 4.74 Å². The number of guanidine groups is 1. The van der Waals surface area contributed by atoms with Crippen LogP contribution in [0.5, 0.6) is 11.5 Å². The van der Waals surface area contributed by atoms with Crippen molar-refractivity contribution in [3.63, 3.8) is 0 Å². The topological polar surface area (TPSA) is 60.3 Å². The summed E-state index contributed by atoms with van der Waals surface area (Å²) in [4.78, 5) is 8.91. The first-order valence-electron chi connectivity index (χ1n) is 9.81. The Balaban J connectivity index is 1.55. The van der Waals surface area contributed by atoms with Gasteiger partial charge in [0.05, 0.1) is 11.8 Å². The molecule has 1 fully saturated rings. The summed E-state index contributed by atoms with van der Waals surface area (Å²) in [5.41, 5.74) is 2.05. The maximum absolute atomic E-state index is 10.1. The lowest BCUT2D eigenvalue weighted by Gasteiger charge is -2.37. The molecule has 150 valence electrons. The smallest absolute Gasteiger partial charge is 0.194 e. The molecule has 0 aliphatic carbocycles. The fourth-order valence-corrected chi connectivity index (χ4v) is 3.41. The van der Waals surface area contributed by atoms with Gasteiger partial charge in [-0.15, -0.1) is 0 Å². The summed E-state index contributed by atoms with van der Waals surface area (Å²) < 4.78 is 5.77. The molecule has 0 radical (unpaired) electrons. The van der Waals surface area contributed by atoms with Gasteiger partial charge in [-0.05, 0) is 43.7 Å². The number of aliphatic imine (C=N–C) groups is 1. The quantitative estimate of drug-likeness (QED) is 0.615. The molecule has 0 aromatic heterocycles. The van der Waals surface area contributed by atoms with Gasteiger partial charge in [0.2, 0.25) is 0 Å². The largest absolute Gasteiger partial charge is 0.506 e. The molecule has 28 heavy (non-hydrogen) atoms. The number of benzene rings is 2. The van der Waals surface area contributed by atoms with Crippen molar-refractivity contribution in [3.8, 4) is 11.5 Å². The summed E-state index contributed by atoms with van der Waals surface area (Å²) in [6, 6.07) is 15.7. The van der Waals surface area contributed by atoms with Gasteiger partial charge in [-0.3, -0.25) is 4.99 Å². The molecule has 1 aliphatic heterocycles. The van der Waals surface area contributed by atoms with E-state index in [1.807, 2.05) is 51.2 Å². The highest BCUT2D eigenvalue weighted by atomic mass is 16.5. The lowest BCUT2D eigenvalue weighted by molar-refractivity contribution is 0.242. The van der Waals surface area contributed by atoms with Gasteiger partial charge in [0.25, 0.3) is 0 Å². The van der Waals surface area contributed by atoms with E-state index in [1.165, 1.54) is 0 Å². The normalized spacial score (nSPS) is 15.1. The highest BCUT2D eigenvalue weighted by Gasteiger charge is 2.21. The molecular weight excluding hydrogens is 352 g/mol. The molecule has 1 heterocycles. The first-order chi connectivity index (χ1) is 13.6. The number of hydrogen-bond donors (Lipinski definition) is 2. The second kappa shape index (κ2) is 9.35. The second-order valence-electron chi connectivity index (χ2n) is 7.18. The van der Waals surface area contributed by atoms with Gasteiger partial charge < -0.3 is 25.0 Å². The number of phenols is 1. The molecule has 2 aromatic rings. The molecule has 3 rings (SSSR count). The summed E-state index contributed by atoms with van der Waals surface area (Å²) in [5, 5.41) is 13.5. The number of rotatable bonds is 5. The van der Waals surface area contributed by atoms with Crippen molar-refractivity contribution < 1.29 is 9.84 Å². The van der Waals surface area contributed by atoms with Gasteiger partial charge >= 0.3 is 0 Å². The highest BCUT2D eigenvalue weighted by Crippen LogP contribution is 2.27. The number of anilines is 1. The minimum absolute atomic E-state index is 0.163. The number of phenolic OH excluding ortho intramolecular Hbond substituents is 1. The standard InChI is InChI=1S/C22H30N4O2/c1-17(2)28-19-8-6-7-18(15-19)16-24-22(23-3)26-13-11-25(12-14-26)20-9-4-5-10-21(20)27/h4-10,15,17,27H,11-14,16H2,1-3H3,(H,23,24). The monoisotopic (exact) mass is 382 g/mol. The third-order valence-corrected chi connectivity index (χ3v) is 4.73. The Labute approximate surface area is 167 Å². The number of para-hydroxylation sites is 2. The zero-order chi connectivity index (χ0) is 19.9. The Bertz CT molecular complexity index is 799. The van der Waals surface area contributed by atoms with E-state index in [1.54, 1.807) is 6.07 Å². The van der Waals surface area contributed by atoms with Crippen molar-refractivity contribution in [3.05, 3.63) is 54.1 Å². The van der Waals surface area contributed by atoms with Crippen LogP contribution >= 0.6 is 0 Å². The maximum Gasteiger partial charge on any atom is 0.194 e. The van der Waals surface area contributed by atoms with Gasteiger partial charge in [0.1, 0.15) is 11.5 Å². The van der Waals surface area contributed by atoms with Crippen molar-refractivity contribution in [1.29, 1.82) is 0 Å². The van der Waals surface area contributed by atoms with Crippen molar-refractivity contribution in [1.82, 2.24) is 10.2 Å². The van der Waals surface area contributed by atoms with Gasteiger partial charge in [0.15, 0.2) is 5.96 Å². The Morgan fingerprint density at radius 1 is 1.11 bits per heavy atom. The van der Waals surface area contributed by atoms with Crippen LogP contribution in [0.1, 0.15) is 19.4 Å². The summed E-state index contributed by atoms with van der Waals surface area (Å²) in [6.45, 7) is 8.14. The van der Waals surface area contributed by atoms with E-state index in [-0.39, 0.29) is 6.10 Å². The maximum atomic E-state index is 10.1. The van der Waals surface area contributed by atoms with Crippen molar-refractivity contribution in [2.75, 3.05) is 38.1 Å². The lowest BCUT2D eigenvalue weighted by Crippen LogP contribution is -2.52. The summed E-state index contributed by atoms with van der Waals surface area (Å²) >= 11 is 0. The van der Waals surface area contributed by atoms with Gasteiger partial charge in [-0.25, -0.2) is 0 Å². The molecule has 0 amide bonds. The van der Waals surface area contributed by atoms with Gasteiger partial charge in [0, 0.05) is 39.8 Å². The van der Waals surface area contributed by atoms with Crippen LogP contribution in [-0.4, -0.2) is 55.3 Å². The molecule has 1 saturated heterocycles. The van der Waals surface area contributed by atoms with Crippen LogP contribution in [-0.2, 0) is 6.54 Å². The zero-order valence-corrected chi connectivity index (χ0v) is 16.9. The SMILES string of the molecule is CN=C(NCc1cccc(OC(C)C)c1)N1CCN(c2ccccc2O)CC1. The minimum atomic E-state index is 0.163.